The zero-order valence-corrected chi connectivity index (χ0v) is 44.9. The van der Waals surface area contributed by atoms with Gasteiger partial charge in [0.05, 0.1) is 0 Å². The first kappa shape index (κ1) is 64.8. The van der Waals surface area contributed by atoms with Gasteiger partial charge in [-0.15, -0.1) is 0 Å². The molecule has 6 nitrogen and oxygen atoms in total. The summed E-state index contributed by atoms with van der Waals surface area (Å²) in [6, 6.07) is 0. The van der Waals surface area contributed by atoms with Crippen LogP contribution in [0, 0.1) is 0 Å². The van der Waals surface area contributed by atoms with Crippen molar-refractivity contribution in [2.24, 2.45) is 0 Å². The van der Waals surface area contributed by atoms with E-state index in [1.54, 1.807) is 0 Å². The molecule has 0 amide bonds. The first-order chi connectivity index (χ1) is 33.5. The van der Waals surface area contributed by atoms with Crippen LogP contribution < -0.4 is 0 Å². The Kier molecular flexibility index (Phi) is 53.8. The number of unbranched alkanes of at least 4 members (excludes halogenated alkanes) is 32. The molecule has 0 aromatic rings. The molecule has 0 spiro atoms. The van der Waals surface area contributed by atoms with Crippen LogP contribution in [0.4, 0.5) is 0 Å². The van der Waals surface area contributed by atoms with Crippen molar-refractivity contribution < 1.29 is 28.6 Å². The minimum atomic E-state index is -0.790. The summed E-state index contributed by atoms with van der Waals surface area (Å²) < 4.78 is 16.9. The Morgan fingerprint density at radius 2 is 0.544 bits per heavy atom. The van der Waals surface area contributed by atoms with Crippen LogP contribution in [0.5, 0.6) is 0 Å². The largest absolute Gasteiger partial charge is 0.462 e. The number of allylic oxidation sites excluding steroid dienone is 12. The fourth-order valence-corrected chi connectivity index (χ4v) is 8.09. The summed E-state index contributed by atoms with van der Waals surface area (Å²) in [5, 5.41) is 0. The fourth-order valence-electron chi connectivity index (χ4n) is 8.09. The van der Waals surface area contributed by atoms with E-state index in [2.05, 4.69) is 93.7 Å². The molecule has 1 atom stereocenters. The first-order valence-corrected chi connectivity index (χ1v) is 29.0. The molecule has 0 heterocycles. The van der Waals surface area contributed by atoms with E-state index in [9.17, 15) is 14.4 Å². The Balaban J connectivity index is 4.44. The van der Waals surface area contributed by atoms with Gasteiger partial charge in [0, 0.05) is 19.3 Å². The lowest BCUT2D eigenvalue weighted by molar-refractivity contribution is -0.167. The van der Waals surface area contributed by atoms with Gasteiger partial charge >= 0.3 is 17.9 Å². The van der Waals surface area contributed by atoms with Crippen molar-refractivity contribution in [1.82, 2.24) is 0 Å². The number of rotatable bonds is 52. The van der Waals surface area contributed by atoms with E-state index < -0.39 is 6.10 Å². The monoisotopic (exact) mass is 949 g/mol. The standard InChI is InChI=1S/C62H108O6/c1-4-7-10-13-16-19-22-25-28-30-32-34-37-40-43-46-49-52-55-61(64)67-58-59(57-66-60(63)54-51-48-45-42-39-36-33-27-24-21-18-15-12-9-6-3)68-62(65)56-53-50-47-44-41-38-35-31-29-26-23-20-17-14-11-8-5-2/h16,19,21-22,24-26,28-30,32,34,59H,4-15,17-18,20,23,27,31,33,35-58H2,1-3H3/b19-16-,24-21-,25-22-,29-26-,30-28-,34-32-. The van der Waals surface area contributed by atoms with Gasteiger partial charge in [-0.2, -0.15) is 0 Å². The zero-order valence-electron chi connectivity index (χ0n) is 44.9. The number of ether oxygens (including phenoxy) is 3. The molecule has 0 aromatic heterocycles. The molecular formula is C62H108O6. The molecule has 0 bridgehead atoms. The van der Waals surface area contributed by atoms with Gasteiger partial charge < -0.3 is 14.2 Å². The predicted octanol–water partition coefficient (Wildman–Crippen LogP) is 19.4. The van der Waals surface area contributed by atoms with E-state index in [1.165, 1.54) is 161 Å². The molecule has 0 rings (SSSR count). The van der Waals surface area contributed by atoms with E-state index in [4.69, 9.17) is 14.2 Å². The molecule has 0 saturated heterocycles. The van der Waals surface area contributed by atoms with E-state index in [1.807, 2.05) is 0 Å². The van der Waals surface area contributed by atoms with Gasteiger partial charge in [0.15, 0.2) is 6.10 Å². The van der Waals surface area contributed by atoms with Crippen molar-refractivity contribution in [1.29, 1.82) is 0 Å². The predicted molar refractivity (Wildman–Crippen MR) is 293 cm³/mol. The number of esters is 3. The molecule has 0 radical (unpaired) electrons. The minimum absolute atomic E-state index is 0.0866. The minimum Gasteiger partial charge on any atom is -0.462 e. The Hall–Kier alpha value is -3.15. The highest BCUT2D eigenvalue weighted by Gasteiger charge is 2.19. The maximum absolute atomic E-state index is 12.9. The third-order valence-corrected chi connectivity index (χ3v) is 12.5. The molecule has 0 N–H and O–H groups in total. The molecule has 68 heavy (non-hydrogen) atoms. The molecule has 0 aliphatic rings. The Labute approximate surface area is 421 Å². The highest BCUT2D eigenvalue weighted by molar-refractivity contribution is 5.71. The smallest absolute Gasteiger partial charge is 0.306 e. The van der Waals surface area contributed by atoms with Gasteiger partial charge in [-0.05, 0) is 96.3 Å². The van der Waals surface area contributed by atoms with E-state index in [-0.39, 0.29) is 31.1 Å². The van der Waals surface area contributed by atoms with Crippen molar-refractivity contribution in [3.8, 4) is 0 Å². The number of hydrogen-bond acceptors (Lipinski definition) is 6. The number of carbonyl (C=O) groups excluding carboxylic acids is 3. The van der Waals surface area contributed by atoms with Crippen LogP contribution in [0.25, 0.3) is 0 Å². The second-order valence-electron chi connectivity index (χ2n) is 19.3. The molecule has 0 aromatic carbocycles. The van der Waals surface area contributed by atoms with Gasteiger partial charge in [0.25, 0.3) is 0 Å². The summed E-state index contributed by atoms with van der Waals surface area (Å²) in [6.45, 7) is 6.58. The summed E-state index contributed by atoms with van der Waals surface area (Å²) in [7, 11) is 0. The summed E-state index contributed by atoms with van der Waals surface area (Å²) in [4.78, 5) is 38.2. The van der Waals surface area contributed by atoms with E-state index in [0.717, 1.165) is 83.5 Å². The maximum Gasteiger partial charge on any atom is 0.306 e. The van der Waals surface area contributed by atoms with Crippen molar-refractivity contribution in [3.63, 3.8) is 0 Å². The molecule has 6 heteroatoms. The fraction of sp³-hybridized carbons (Fsp3) is 0.758. The average molecular weight is 950 g/mol. The zero-order chi connectivity index (χ0) is 49.3. The molecule has 0 aliphatic carbocycles. The van der Waals surface area contributed by atoms with Gasteiger partial charge in [-0.3, -0.25) is 14.4 Å². The lowest BCUT2D eigenvalue weighted by atomic mass is 10.1. The van der Waals surface area contributed by atoms with Crippen molar-refractivity contribution in [2.75, 3.05) is 13.2 Å². The SMILES string of the molecule is CCCCC\C=C/C=C\C=C/C=C\CCCCCCCC(=O)OCC(COC(=O)CCCCCCCCC/C=C\CCCCCC)OC(=O)CCCCCCCCC/C=C\CCCCCCCC. The second-order valence-corrected chi connectivity index (χ2v) is 19.3. The van der Waals surface area contributed by atoms with Crippen molar-refractivity contribution in [2.45, 2.75) is 290 Å². The third kappa shape index (κ3) is 53.8. The maximum atomic E-state index is 12.9. The van der Waals surface area contributed by atoms with Crippen LogP contribution in [0.3, 0.4) is 0 Å². The summed E-state index contributed by atoms with van der Waals surface area (Å²) in [6.07, 6.45) is 71.6. The van der Waals surface area contributed by atoms with Gasteiger partial charge in [-0.25, -0.2) is 0 Å². The molecular weight excluding hydrogens is 841 g/mol. The topological polar surface area (TPSA) is 78.9 Å². The lowest BCUT2D eigenvalue weighted by Gasteiger charge is -2.18. The number of hydrogen-bond donors (Lipinski definition) is 0. The van der Waals surface area contributed by atoms with Crippen molar-refractivity contribution >= 4 is 17.9 Å². The van der Waals surface area contributed by atoms with Crippen LogP contribution in [-0.4, -0.2) is 37.2 Å². The Morgan fingerprint density at radius 3 is 0.912 bits per heavy atom. The van der Waals surface area contributed by atoms with E-state index in [0.29, 0.717) is 19.3 Å². The Bertz CT molecular complexity index is 1270. The van der Waals surface area contributed by atoms with Crippen LogP contribution in [0.1, 0.15) is 284 Å². The molecule has 0 aliphatic heterocycles. The highest BCUT2D eigenvalue weighted by atomic mass is 16.6. The molecule has 0 fully saturated rings. The van der Waals surface area contributed by atoms with Gasteiger partial charge in [0.2, 0.25) is 0 Å². The summed E-state index contributed by atoms with van der Waals surface area (Å²) in [5.41, 5.74) is 0. The summed E-state index contributed by atoms with van der Waals surface area (Å²) >= 11 is 0. The normalized spacial score (nSPS) is 12.6. The van der Waals surface area contributed by atoms with Gasteiger partial charge in [0.1, 0.15) is 13.2 Å². The average Bonchev–Trinajstić information content (AvgIpc) is 3.34. The van der Waals surface area contributed by atoms with Crippen LogP contribution in [0.15, 0.2) is 72.9 Å². The number of carbonyl (C=O) groups is 3. The quantitative estimate of drug-likeness (QED) is 0.0199. The Morgan fingerprint density at radius 1 is 0.294 bits per heavy atom. The van der Waals surface area contributed by atoms with E-state index >= 15 is 0 Å². The van der Waals surface area contributed by atoms with Crippen LogP contribution in [-0.2, 0) is 28.6 Å². The highest BCUT2D eigenvalue weighted by Crippen LogP contribution is 2.15. The lowest BCUT2D eigenvalue weighted by Crippen LogP contribution is -2.30. The molecule has 1 unspecified atom stereocenters. The third-order valence-electron chi connectivity index (χ3n) is 12.5. The van der Waals surface area contributed by atoms with Crippen LogP contribution >= 0.6 is 0 Å². The van der Waals surface area contributed by atoms with Crippen LogP contribution in [0.2, 0.25) is 0 Å². The summed E-state index contributed by atoms with van der Waals surface area (Å²) in [5.74, 6) is -0.910. The molecule has 0 saturated carbocycles. The first-order valence-electron chi connectivity index (χ1n) is 29.0. The molecule has 392 valence electrons. The second kappa shape index (κ2) is 56.4. The van der Waals surface area contributed by atoms with Gasteiger partial charge in [-0.1, -0.05) is 241 Å². The van der Waals surface area contributed by atoms with Crippen molar-refractivity contribution in [3.05, 3.63) is 72.9 Å².